The molecule has 0 aliphatic carbocycles. The quantitative estimate of drug-likeness (QED) is 0.698. The van der Waals surface area contributed by atoms with Crippen molar-refractivity contribution in [3.05, 3.63) is 41.7 Å². The predicted octanol–water partition coefficient (Wildman–Crippen LogP) is 1.51. The fourth-order valence-corrected chi connectivity index (χ4v) is 2.99. The highest BCUT2D eigenvalue weighted by atomic mass is 32.1. The van der Waals surface area contributed by atoms with E-state index >= 15 is 0 Å². The van der Waals surface area contributed by atoms with E-state index < -0.39 is 0 Å². The number of hydrogen-bond acceptors (Lipinski definition) is 7. The van der Waals surface area contributed by atoms with Gasteiger partial charge >= 0.3 is 0 Å². The van der Waals surface area contributed by atoms with Crippen molar-refractivity contribution in [3.8, 4) is 16.3 Å². The molecule has 124 valence electrons. The van der Waals surface area contributed by atoms with E-state index in [1.54, 1.807) is 13.3 Å². The van der Waals surface area contributed by atoms with E-state index in [4.69, 9.17) is 4.74 Å². The van der Waals surface area contributed by atoms with E-state index in [1.807, 2.05) is 24.3 Å². The lowest BCUT2D eigenvalue weighted by molar-refractivity contribution is -0.121. The molecular formula is C15H16N6O2S. The summed E-state index contributed by atoms with van der Waals surface area (Å²) in [7, 11) is 1.64. The molecule has 9 heteroatoms. The molecular weight excluding hydrogens is 328 g/mol. The van der Waals surface area contributed by atoms with Crippen molar-refractivity contribution in [2.75, 3.05) is 7.11 Å². The highest BCUT2D eigenvalue weighted by molar-refractivity contribution is 7.15. The first kappa shape index (κ1) is 16.1. The standard InChI is InChI=1S/C15H16N6O2S/c1-23-13-5-3-2-4-12(13)15-17-9-11(24-15)8-16-14(22)6-7-21-10-18-19-20-21/h2-5,9-10H,6-8H2,1H3,(H,16,22). The SMILES string of the molecule is COc1ccccc1-c1ncc(CNC(=O)CCn2cnnn2)s1. The number of benzene rings is 1. The Morgan fingerprint density at radius 2 is 2.25 bits per heavy atom. The number of methoxy groups -OCH3 is 1. The maximum Gasteiger partial charge on any atom is 0.222 e. The number of rotatable bonds is 7. The number of ether oxygens (including phenoxy) is 1. The van der Waals surface area contributed by atoms with Gasteiger partial charge in [0.2, 0.25) is 5.91 Å². The van der Waals surface area contributed by atoms with Crippen LogP contribution in [0.2, 0.25) is 0 Å². The Kier molecular flexibility index (Phi) is 5.12. The lowest BCUT2D eigenvalue weighted by atomic mass is 10.2. The fraction of sp³-hybridized carbons (Fsp3) is 0.267. The van der Waals surface area contributed by atoms with Crippen LogP contribution in [0.5, 0.6) is 5.75 Å². The largest absolute Gasteiger partial charge is 0.496 e. The summed E-state index contributed by atoms with van der Waals surface area (Å²) in [4.78, 5) is 17.3. The highest BCUT2D eigenvalue weighted by Gasteiger charge is 2.10. The van der Waals surface area contributed by atoms with Gasteiger partial charge in [-0.15, -0.1) is 16.4 Å². The second-order valence-electron chi connectivity index (χ2n) is 4.93. The molecule has 24 heavy (non-hydrogen) atoms. The molecule has 3 rings (SSSR count). The molecule has 1 aromatic carbocycles. The molecule has 0 fully saturated rings. The van der Waals surface area contributed by atoms with Crippen molar-refractivity contribution in [1.82, 2.24) is 30.5 Å². The van der Waals surface area contributed by atoms with Crippen LogP contribution in [0, 0.1) is 0 Å². The summed E-state index contributed by atoms with van der Waals surface area (Å²) in [5, 5.41) is 14.5. The molecule has 0 bridgehead atoms. The first-order valence-corrected chi connectivity index (χ1v) is 8.13. The van der Waals surface area contributed by atoms with E-state index in [0.717, 1.165) is 21.2 Å². The van der Waals surface area contributed by atoms with E-state index in [0.29, 0.717) is 19.5 Å². The Hall–Kier alpha value is -2.81. The number of carbonyl (C=O) groups is 1. The van der Waals surface area contributed by atoms with Gasteiger partial charge in [-0.1, -0.05) is 12.1 Å². The maximum atomic E-state index is 11.9. The topological polar surface area (TPSA) is 94.8 Å². The van der Waals surface area contributed by atoms with Crippen LogP contribution in [0.3, 0.4) is 0 Å². The van der Waals surface area contributed by atoms with Crippen molar-refractivity contribution in [2.24, 2.45) is 0 Å². The smallest absolute Gasteiger partial charge is 0.222 e. The van der Waals surface area contributed by atoms with E-state index in [1.165, 1.54) is 22.3 Å². The number of thiazole rings is 1. The van der Waals surface area contributed by atoms with Crippen LogP contribution in [0.25, 0.3) is 10.6 Å². The number of nitrogens with zero attached hydrogens (tertiary/aromatic N) is 5. The fourth-order valence-electron chi connectivity index (χ4n) is 2.11. The molecule has 0 saturated carbocycles. The lowest BCUT2D eigenvalue weighted by Crippen LogP contribution is -2.23. The minimum atomic E-state index is -0.0576. The molecule has 1 amide bonds. The van der Waals surface area contributed by atoms with Gasteiger partial charge in [-0.25, -0.2) is 9.67 Å². The van der Waals surface area contributed by atoms with Crippen molar-refractivity contribution >= 4 is 17.2 Å². The Balaban J connectivity index is 1.55. The van der Waals surface area contributed by atoms with Gasteiger partial charge < -0.3 is 10.1 Å². The number of aryl methyl sites for hydroxylation is 1. The lowest BCUT2D eigenvalue weighted by Gasteiger charge is -2.04. The van der Waals surface area contributed by atoms with Crippen molar-refractivity contribution in [1.29, 1.82) is 0 Å². The third-order valence-corrected chi connectivity index (χ3v) is 4.34. The van der Waals surface area contributed by atoms with Gasteiger partial charge in [0.05, 0.1) is 25.8 Å². The Bertz CT molecular complexity index is 802. The molecule has 0 spiro atoms. The minimum absolute atomic E-state index is 0.0576. The molecule has 0 aliphatic rings. The minimum Gasteiger partial charge on any atom is -0.496 e. The van der Waals surface area contributed by atoms with Crippen LogP contribution in [0.15, 0.2) is 36.8 Å². The van der Waals surface area contributed by atoms with Crippen LogP contribution < -0.4 is 10.1 Å². The Morgan fingerprint density at radius 3 is 3.04 bits per heavy atom. The van der Waals surface area contributed by atoms with Crippen molar-refractivity contribution < 1.29 is 9.53 Å². The van der Waals surface area contributed by atoms with Crippen LogP contribution in [0.4, 0.5) is 0 Å². The first-order valence-electron chi connectivity index (χ1n) is 7.32. The van der Waals surface area contributed by atoms with Crippen LogP contribution in [-0.2, 0) is 17.9 Å². The number of amides is 1. The van der Waals surface area contributed by atoms with Gasteiger partial charge in [-0.3, -0.25) is 4.79 Å². The second kappa shape index (κ2) is 7.64. The van der Waals surface area contributed by atoms with E-state index in [2.05, 4.69) is 25.8 Å². The Labute approximate surface area is 142 Å². The molecule has 1 N–H and O–H groups in total. The number of hydrogen-bond donors (Lipinski definition) is 1. The number of aromatic nitrogens is 5. The summed E-state index contributed by atoms with van der Waals surface area (Å²) < 4.78 is 6.87. The van der Waals surface area contributed by atoms with Gasteiger partial charge in [0.15, 0.2) is 0 Å². The number of carbonyl (C=O) groups excluding carboxylic acids is 1. The zero-order valence-electron chi connectivity index (χ0n) is 13.0. The van der Waals surface area contributed by atoms with Gasteiger partial charge in [0.1, 0.15) is 17.1 Å². The monoisotopic (exact) mass is 344 g/mol. The highest BCUT2D eigenvalue weighted by Crippen LogP contribution is 2.32. The Morgan fingerprint density at radius 1 is 1.38 bits per heavy atom. The first-order chi connectivity index (χ1) is 11.8. The molecule has 0 radical (unpaired) electrons. The van der Waals surface area contributed by atoms with Crippen molar-refractivity contribution in [2.45, 2.75) is 19.5 Å². The molecule has 3 aromatic rings. The van der Waals surface area contributed by atoms with Gasteiger partial charge in [0, 0.05) is 17.5 Å². The predicted molar refractivity (Wildman–Crippen MR) is 88.4 cm³/mol. The van der Waals surface area contributed by atoms with E-state index in [9.17, 15) is 4.79 Å². The zero-order valence-corrected chi connectivity index (χ0v) is 13.9. The number of para-hydroxylation sites is 1. The van der Waals surface area contributed by atoms with Crippen LogP contribution in [-0.4, -0.2) is 38.2 Å². The summed E-state index contributed by atoms with van der Waals surface area (Å²) in [6.45, 7) is 0.898. The number of nitrogens with one attached hydrogen (secondary N) is 1. The molecule has 0 saturated heterocycles. The molecule has 8 nitrogen and oxygen atoms in total. The zero-order chi connectivity index (χ0) is 16.8. The average molecular weight is 344 g/mol. The van der Waals surface area contributed by atoms with Gasteiger partial charge in [-0.2, -0.15) is 0 Å². The molecule has 2 aromatic heterocycles. The third-order valence-electron chi connectivity index (χ3n) is 3.31. The maximum absolute atomic E-state index is 11.9. The normalized spacial score (nSPS) is 10.5. The summed E-state index contributed by atoms with van der Waals surface area (Å²) in [5.41, 5.74) is 0.946. The molecule has 0 unspecified atom stereocenters. The molecule has 2 heterocycles. The van der Waals surface area contributed by atoms with Gasteiger partial charge in [0.25, 0.3) is 0 Å². The second-order valence-corrected chi connectivity index (χ2v) is 6.05. The summed E-state index contributed by atoms with van der Waals surface area (Å²) in [6.07, 6.45) is 3.58. The van der Waals surface area contributed by atoms with Crippen LogP contribution >= 0.6 is 11.3 Å². The van der Waals surface area contributed by atoms with Crippen molar-refractivity contribution in [3.63, 3.8) is 0 Å². The summed E-state index contributed by atoms with van der Waals surface area (Å²) in [5.74, 6) is 0.724. The molecule has 0 atom stereocenters. The van der Waals surface area contributed by atoms with Gasteiger partial charge in [-0.05, 0) is 22.6 Å². The third kappa shape index (κ3) is 3.93. The summed E-state index contributed by atoms with van der Waals surface area (Å²) in [6, 6.07) is 7.73. The number of tetrazole rings is 1. The molecule has 0 aliphatic heterocycles. The average Bonchev–Trinajstić information content (AvgIpc) is 3.29. The summed E-state index contributed by atoms with van der Waals surface area (Å²) >= 11 is 1.53. The van der Waals surface area contributed by atoms with Crippen LogP contribution in [0.1, 0.15) is 11.3 Å². The van der Waals surface area contributed by atoms with E-state index in [-0.39, 0.29) is 5.91 Å².